The molecule has 1 aliphatic carbocycles. The zero-order valence-electron chi connectivity index (χ0n) is 12.7. The number of ether oxygens (including phenoxy) is 1. The van der Waals surface area contributed by atoms with Crippen molar-refractivity contribution in [3.05, 3.63) is 35.4 Å². The van der Waals surface area contributed by atoms with Crippen molar-refractivity contribution < 1.29 is 9.53 Å². The molecule has 4 heteroatoms. The minimum Gasteiger partial charge on any atom is -0.379 e. The third-order valence-electron chi connectivity index (χ3n) is 4.38. The molecule has 4 nitrogen and oxygen atoms in total. The summed E-state index contributed by atoms with van der Waals surface area (Å²) in [7, 11) is 1.87. The Labute approximate surface area is 126 Å². The van der Waals surface area contributed by atoms with Gasteiger partial charge in [0.25, 0.3) is 0 Å². The lowest BCUT2D eigenvalue weighted by molar-refractivity contribution is -0.133. The molecule has 1 heterocycles. The summed E-state index contributed by atoms with van der Waals surface area (Å²) in [6.45, 7) is 2.95. The summed E-state index contributed by atoms with van der Waals surface area (Å²) in [6.07, 6.45) is 3.39. The number of nitrogens with zero attached hydrogens (tertiary/aromatic N) is 1. The molecule has 21 heavy (non-hydrogen) atoms. The van der Waals surface area contributed by atoms with Crippen molar-refractivity contribution in [1.82, 2.24) is 10.2 Å². The number of benzene rings is 1. The number of hydrogen-bond acceptors (Lipinski definition) is 3. The normalized spacial score (nSPS) is 20.9. The molecule has 1 saturated carbocycles. The number of rotatable bonds is 6. The van der Waals surface area contributed by atoms with Crippen LogP contribution in [0.4, 0.5) is 0 Å². The van der Waals surface area contributed by atoms with Gasteiger partial charge in [0.1, 0.15) is 0 Å². The van der Waals surface area contributed by atoms with E-state index in [1.165, 1.54) is 24.0 Å². The van der Waals surface area contributed by atoms with Gasteiger partial charge in [-0.1, -0.05) is 24.3 Å². The van der Waals surface area contributed by atoms with Crippen LogP contribution in [-0.2, 0) is 22.5 Å². The second-order valence-electron chi connectivity index (χ2n) is 6.18. The highest BCUT2D eigenvalue weighted by molar-refractivity contribution is 5.82. The number of fused-ring (bicyclic) bond motifs is 1. The molecule has 1 N–H and O–H groups in total. The van der Waals surface area contributed by atoms with E-state index in [-0.39, 0.29) is 11.9 Å². The standard InChI is InChI=1S/C17H24N2O2/c1-19(8-9-21-12-13-6-7-13)17(20)16-10-14-4-2-3-5-15(14)11-18-16/h2-5,13,16,18H,6-12H2,1H3/t16-/m0/s1. The Bertz CT molecular complexity index is 499. The molecule has 1 aliphatic heterocycles. The van der Waals surface area contributed by atoms with E-state index in [1.54, 1.807) is 4.90 Å². The van der Waals surface area contributed by atoms with Gasteiger partial charge in [-0.3, -0.25) is 4.79 Å². The molecule has 0 unspecified atom stereocenters. The van der Waals surface area contributed by atoms with Gasteiger partial charge in [0, 0.05) is 26.7 Å². The summed E-state index contributed by atoms with van der Waals surface area (Å²) >= 11 is 0. The maximum atomic E-state index is 12.5. The zero-order chi connectivity index (χ0) is 14.7. The van der Waals surface area contributed by atoms with Gasteiger partial charge in [-0.15, -0.1) is 0 Å². The molecule has 0 radical (unpaired) electrons. The molecule has 1 amide bonds. The number of nitrogens with one attached hydrogen (secondary N) is 1. The molecule has 114 valence electrons. The average molecular weight is 288 g/mol. The van der Waals surface area contributed by atoms with Crippen LogP contribution in [0, 0.1) is 5.92 Å². The van der Waals surface area contributed by atoms with Gasteiger partial charge in [0.05, 0.1) is 12.6 Å². The maximum absolute atomic E-state index is 12.5. The minimum atomic E-state index is -0.103. The predicted octanol–water partition coefficient (Wildman–Crippen LogP) is 1.59. The van der Waals surface area contributed by atoms with Crippen LogP contribution in [0.2, 0.25) is 0 Å². The van der Waals surface area contributed by atoms with Crippen LogP contribution in [0.15, 0.2) is 24.3 Å². The first-order valence-electron chi connectivity index (χ1n) is 7.87. The highest BCUT2D eigenvalue weighted by Crippen LogP contribution is 2.28. The second-order valence-corrected chi connectivity index (χ2v) is 6.18. The second kappa shape index (κ2) is 6.58. The molecule has 0 bridgehead atoms. The fourth-order valence-corrected chi connectivity index (χ4v) is 2.74. The molecule has 0 spiro atoms. The monoisotopic (exact) mass is 288 g/mol. The van der Waals surface area contributed by atoms with Gasteiger partial charge < -0.3 is 15.0 Å². The third-order valence-corrected chi connectivity index (χ3v) is 4.38. The van der Waals surface area contributed by atoms with Crippen LogP contribution in [0.3, 0.4) is 0 Å². The van der Waals surface area contributed by atoms with Gasteiger partial charge in [-0.2, -0.15) is 0 Å². The van der Waals surface area contributed by atoms with Crippen LogP contribution >= 0.6 is 0 Å². The summed E-state index contributed by atoms with van der Waals surface area (Å²) in [5, 5.41) is 3.34. The summed E-state index contributed by atoms with van der Waals surface area (Å²) < 4.78 is 5.61. The topological polar surface area (TPSA) is 41.6 Å². The number of carbonyl (C=O) groups excluding carboxylic acids is 1. The Kier molecular flexibility index (Phi) is 4.56. The van der Waals surface area contributed by atoms with Crippen molar-refractivity contribution >= 4 is 5.91 Å². The van der Waals surface area contributed by atoms with E-state index < -0.39 is 0 Å². The highest BCUT2D eigenvalue weighted by Gasteiger charge is 2.26. The molecule has 1 fully saturated rings. The summed E-state index contributed by atoms with van der Waals surface area (Å²) in [6, 6.07) is 8.23. The van der Waals surface area contributed by atoms with E-state index in [9.17, 15) is 4.79 Å². The number of amides is 1. The summed E-state index contributed by atoms with van der Waals surface area (Å²) in [4.78, 5) is 14.2. The summed E-state index contributed by atoms with van der Waals surface area (Å²) in [5.74, 6) is 0.946. The van der Waals surface area contributed by atoms with Crippen molar-refractivity contribution in [2.45, 2.75) is 31.8 Å². The van der Waals surface area contributed by atoms with Gasteiger partial charge in [-0.05, 0) is 36.3 Å². The first kappa shape index (κ1) is 14.5. The molecule has 0 aromatic heterocycles. The Morgan fingerprint density at radius 3 is 2.86 bits per heavy atom. The van der Waals surface area contributed by atoms with Gasteiger partial charge in [0.2, 0.25) is 5.91 Å². The van der Waals surface area contributed by atoms with Crippen LogP contribution < -0.4 is 5.32 Å². The van der Waals surface area contributed by atoms with Gasteiger partial charge in [0.15, 0.2) is 0 Å². The Morgan fingerprint density at radius 1 is 1.33 bits per heavy atom. The highest BCUT2D eigenvalue weighted by atomic mass is 16.5. The fourth-order valence-electron chi connectivity index (χ4n) is 2.74. The number of likely N-dealkylation sites (N-methyl/N-ethyl adjacent to an activating group) is 1. The Hall–Kier alpha value is -1.39. The van der Waals surface area contributed by atoms with Crippen molar-refractivity contribution in [2.75, 3.05) is 26.8 Å². The lowest BCUT2D eigenvalue weighted by Crippen LogP contribution is -2.48. The first-order chi connectivity index (χ1) is 10.2. The summed E-state index contributed by atoms with van der Waals surface area (Å²) in [5.41, 5.74) is 2.59. The SMILES string of the molecule is CN(CCOCC1CC1)C(=O)[C@@H]1Cc2ccccc2CN1. The van der Waals surface area contributed by atoms with Gasteiger partial charge >= 0.3 is 0 Å². The van der Waals surface area contributed by atoms with Crippen molar-refractivity contribution in [1.29, 1.82) is 0 Å². The lowest BCUT2D eigenvalue weighted by atomic mass is 9.95. The van der Waals surface area contributed by atoms with E-state index in [0.29, 0.717) is 13.2 Å². The smallest absolute Gasteiger partial charge is 0.239 e. The molecule has 1 atom stereocenters. The zero-order valence-corrected chi connectivity index (χ0v) is 12.7. The van der Waals surface area contributed by atoms with Crippen LogP contribution in [0.5, 0.6) is 0 Å². The fraction of sp³-hybridized carbons (Fsp3) is 0.588. The molecular weight excluding hydrogens is 264 g/mol. The maximum Gasteiger partial charge on any atom is 0.239 e. The molecular formula is C17H24N2O2. The number of hydrogen-bond donors (Lipinski definition) is 1. The Balaban J connectivity index is 1.46. The lowest BCUT2D eigenvalue weighted by Gasteiger charge is -2.29. The third kappa shape index (κ3) is 3.83. The van der Waals surface area contributed by atoms with E-state index in [4.69, 9.17) is 4.74 Å². The van der Waals surface area contributed by atoms with E-state index in [2.05, 4.69) is 17.4 Å². The van der Waals surface area contributed by atoms with Crippen molar-refractivity contribution in [3.63, 3.8) is 0 Å². The van der Waals surface area contributed by atoms with E-state index in [1.807, 2.05) is 19.2 Å². The molecule has 1 aromatic rings. The average Bonchev–Trinajstić information content (AvgIpc) is 3.34. The largest absolute Gasteiger partial charge is 0.379 e. The molecule has 0 saturated heterocycles. The predicted molar refractivity (Wildman–Crippen MR) is 82.0 cm³/mol. The Morgan fingerprint density at radius 2 is 2.10 bits per heavy atom. The van der Waals surface area contributed by atoms with Crippen LogP contribution in [-0.4, -0.2) is 43.7 Å². The van der Waals surface area contributed by atoms with Crippen LogP contribution in [0.25, 0.3) is 0 Å². The quantitative estimate of drug-likeness (QED) is 0.808. The van der Waals surface area contributed by atoms with E-state index in [0.717, 1.165) is 25.5 Å². The van der Waals surface area contributed by atoms with E-state index >= 15 is 0 Å². The molecule has 3 rings (SSSR count). The minimum absolute atomic E-state index is 0.103. The van der Waals surface area contributed by atoms with Crippen molar-refractivity contribution in [2.24, 2.45) is 5.92 Å². The number of carbonyl (C=O) groups is 1. The van der Waals surface area contributed by atoms with Gasteiger partial charge in [-0.25, -0.2) is 0 Å². The molecule has 2 aliphatic rings. The van der Waals surface area contributed by atoms with Crippen LogP contribution in [0.1, 0.15) is 24.0 Å². The van der Waals surface area contributed by atoms with Crippen molar-refractivity contribution in [3.8, 4) is 0 Å². The first-order valence-corrected chi connectivity index (χ1v) is 7.87. The molecule has 1 aromatic carbocycles.